The van der Waals surface area contributed by atoms with Crippen LogP contribution in [0, 0.1) is 12.3 Å². The zero-order chi connectivity index (χ0) is 17.9. The molecule has 0 amide bonds. The number of hydrogen-bond acceptors (Lipinski definition) is 3. The molecule has 1 aliphatic heterocycles. The number of nitrogens with zero attached hydrogens (tertiary/aromatic N) is 1. The summed E-state index contributed by atoms with van der Waals surface area (Å²) in [4.78, 5) is 13.3. The van der Waals surface area contributed by atoms with E-state index in [2.05, 4.69) is 0 Å². The van der Waals surface area contributed by atoms with Crippen molar-refractivity contribution >= 4 is 15.8 Å². The van der Waals surface area contributed by atoms with Crippen molar-refractivity contribution < 1.29 is 13.2 Å². The van der Waals surface area contributed by atoms with Gasteiger partial charge in [0.2, 0.25) is 10.0 Å². The summed E-state index contributed by atoms with van der Waals surface area (Å²) in [5.74, 6) is 0.00290. The molecule has 0 N–H and O–H groups in total. The van der Waals surface area contributed by atoms with Gasteiger partial charge in [0.1, 0.15) is 0 Å². The van der Waals surface area contributed by atoms with E-state index in [4.69, 9.17) is 0 Å². The molecule has 1 heterocycles. The van der Waals surface area contributed by atoms with E-state index in [0.29, 0.717) is 13.0 Å². The number of sulfonamides is 1. The predicted octanol–water partition coefficient (Wildman–Crippen LogP) is 2.92. The molecule has 2 fully saturated rings. The first-order valence-corrected chi connectivity index (χ1v) is 9.89. The topological polar surface area (TPSA) is 54.5 Å². The van der Waals surface area contributed by atoms with E-state index in [1.54, 1.807) is 24.3 Å². The minimum absolute atomic E-state index is 0.00290. The fourth-order valence-corrected chi connectivity index (χ4v) is 5.79. The summed E-state index contributed by atoms with van der Waals surface area (Å²) in [6.07, 6.45) is 0.711. The fourth-order valence-electron chi connectivity index (χ4n) is 4.27. The highest BCUT2D eigenvalue weighted by atomic mass is 32.2. The van der Waals surface area contributed by atoms with Gasteiger partial charge in [-0.05, 0) is 36.5 Å². The molecule has 4 nitrogen and oxygen atoms in total. The Kier molecular flexibility index (Phi) is 3.47. The number of aryl methyl sites for hydroxylation is 1. The Morgan fingerprint density at radius 2 is 1.64 bits per heavy atom. The summed E-state index contributed by atoms with van der Waals surface area (Å²) in [5, 5.41) is 0. The Labute approximate surface area is 148 Å². The minimum Gasteiger partial charge on any atom is -0.297 e. The number of benzene rings is 2. The molecule has 2 atom stereocenters. The number of carbonyl (C=O) groups is 1. The van der Waals surface area contributed by atoms with E-state index < -0.39 is 15.4 Å². The van der Waals surface area contributed by atoms with Crippen molar-refractivity contribution in [3.63, 3.8) is 0 Å². The molecule has 0 spiro atoms. The first kappa shape index (κ1) is 16.5. The van der Waals surface area contributed by atoms with E-state index in [1.807, 2.05) is 44.2 Å². The fraction of sp³-hybridized carbons (Fsp3) is 0.350. The summed E-state index contributed by atoms with van der Waals surface area (Å²) in [6, 6.07) is 16.6. The van der Waals surface area contributed by atoms with Crippen LogP contribution < -0.4 is 0 Å². The van der Waals surface area contributed by atoms with Crippen molar-refractivity contribution in [1.82, 2.24) is 4.31 Å². The Hall–Kier alpha value is -1.98. The van der Waals surface area contributed by atoms with Gasteiger partial charge in [0.25, 0.3) is 0 Å². The van der Waals surface area contributed by atoms with Gasteiger partial charge in [-0.25, -0.2) is 8.42 Å². The summed E-state index contributed by atoms with van der Waals surface area (Å²) in [6.45, 7) is 4.26. The number of piperidine rings is 1. The third kappa shape index (κ3) is 2.29. The average molecular weight is 355 g/mol. The second-order valence-electron chi connectivity index (χ2n) is 7.52. The van der Waals surface area contributed by atoms with Gasteiger partial charge >= 0.3 is 0 Å². The van der Waals surface area contributed by atoms with Crippen LogP contribution in [0.15, 0.2) is 59.5 Å². The molecule has 4 rings (SSSR count). The molecular weight excluding hydrogens is 334 g/mol. The maximum absolute atomic E-state index is 13.0. The molecule has 1 aliphatic carbocycles. The van der Waals surface area contributed by atoms with Gasteiger partial charge in [-0.15, -0.1) is 0 Å². The quantitative estimate of drug-likeness (QED) is 0.851. The van der Waals surface area contributed by atoms with Crippen LogP contribution in [0.5, 0.6) is 0 Å². The van der Waals surface area contributed by atoms with Crippen molar-refractivity contribution in [2.75, 3.05) is 13.1 Å². The van der Waals surface area contributed by atoms with Crippen LogP contribution in [-0.4, -0.2) is 31.6 Å². The molecule has 0 bridgehead atoms. The summed E-state index contributed by atoms with van der Waals surface area (Å²) in [5.41, 5.74) is 1.16. The SMILES string of the molecule is Cc1ccc(S(=O)(=O)N2CC(=O)[C@]3(c4ccccc4)C[C@]3(C)C2)cc1. The lowest BCUT2D eigenvalue weighted by Gasteiger charge is -2.34. The van der Waals surface area contributed by atoms with Gasteiger partial charge in [0.15, 0.2) is 5.78 Å². The zero-order valence-corrected chi connectivity index (χ0v) is 15.2. The molecule has 25 heavy (non-hydrogen) atoms. The highest BCUT2D eigenvalue weighted by Gasteiger charge is 2.72. The van der Waals surface area contributed by atoms with Crippen LogP contribution in [0.4, 0.5) is 0 Å². The monoisotopic (exact) mass is 355 g/mol. The molecule has 5 heteroatoms. The number of ketones is 1. The third-order valence-electron chi connectivity index (χ3n) is 5.81. The van der Waals surface area contributed by atoms with Crippen LogP contribution >= 0.6 is 0 Å². The standard InChI is InChI=1S/C20H21NO3S/c1-15-8-10-17(11-9-15)25(23,24)21-12-18(22)20(13-19(20,2)14-21)16-6-4-3-5-7-16/h3-11H,12-14H2,1-2H3/t19-,20-/m1/s1. The molecule has 2 aliphatic rings. The number of rotatable bonds is 3. The highest BCUT2D eigenvalue weighted by molar-refractivity contribution is 7.89. The molecule has 0 radical (unpaired) electrons. The van der Waals surface area contributed by atoms with Gasteiger partial charge < -0.3 is 0 Å². The van der Waals surface area contributed by atoms with Crippen molar-refractivity contribution in [1.29, 1.82) is 0 Å². The van der Waals surface area contributed by atoms with Crippen molar-refractivity contribution in [3.05, 3.63) is 65.7 Å². The van der Waals surface area contributed by atoms with Crippen molar-refractivity contribution in [3.8, 4) is 0 Å². The number of fused-ring (bicyclic) bond motifs is 1. The predicted molar refractivity (Wildman–Crippen MR) is 95.8 cm³/mol. The number of carbonyl (C=O) groups excluding carboxylic acids is 1. The first-order chi connectivity index (χ1) is 11.8. The van der Waals surface area contributed by atoms with Crippen molar-refractivity contribution in [2.45, 2.75) is 30.6 Å². The third-order valence-corrected chi connectivity index (χ3v) is 7.61. The number of Topliss-reactive ketones (excluding diaryl/α,β-unsaturated/α-hetero) is 1. The summed E-state index contributed by atoms with van der Waals surface area (Å²) < 4.78 is 27.3. The van der Waals surface area contributed by atoms with Gasteiger partial charge in [-0.1, -0.05) is 55.0 Å². The van der Waals surface area contributed by atoms with E-state index in [-0.39, 0.29) is 22.6 Å². The van der Waals surface area contributed by atoms with Crippen LogP contribution in [0.2, 0.25) is 0 Å². The molecular formula is C20H21NO3S. The lowest BCUT2D eigenvalue weighted by Crippen LogP contribution is -2.49. The smallest absolute Gasteiger partial charge is 0.243 e. The van der Waals surface area contributed by atoms with E-state index in [0.717, 1.165) is 11.1 Å². The summed E-state index contributed by atoms with van der Waals surface area (Å²) >= 11 is 0. The maximum atomic E-state index is 13.0. The Morgan fingerprint density at radius 3 is 2.24 bits per heavy atom. The first-order valence-electron chi connectivity index (χ1n) is 8.45. The van der Waals surface area contributed by atoms with Crippen LogP contribution in [0.3, 0.4) is 0 Å². The highest BCUT2D eigenvalue weighted by Crippen LogP contribution is 2.67. The van der Waals surface area contributed by atoms with Crippen LogP contribution in [0.25, 0.3) is 0 Å². The van der Waals surface area contributed by atoms with E-state index in [9.17, 15) is 13.2 Å². The lowest BCUT2D eigenvalue weighted by atomic mass is 9.81. The Balaban J connectivity index is 1.67. The van der Waals surface area contributed by atoms with Gasteiger partial charge in [-0.3, -0.25) is 4.79 Å². The molecule has 2 aromatic rings. The largest absolute Gasteiger partial charge is 0.297 e. The second kappa shape index (κ2) is 5.26. The normalized spacial score (nSPS) is 29.3. The molecule has 1 saturated heterocycles. The molecule has 0 unspecified atom stereocenters. The molecule has 0 aromatic heterocycles. The second-order valence-corrected chi connectivity index (χ2v) is 9.46. The van der Waals surface area contributed by atoms with Crippen LogP contribution in [-0.2, 0) is 20.2 Å². The summed E-state index contributed by atoms with van der Waals surface area (Å²) in [7, 11) is -3.65. The van der Waals surface area contributed by atoms with E-state index >= 15 is 0 Å². The minimum atomic E-state index is -3.65. The Bertz CT molecular complexity index is 937. The van der Waals surface area contributed by atoms with E-state index in [1.165, 1.54) is 4.31 Å². The van der Waals surface area contributed by atoms with Gasteiger partial charge in [0.05, 0.1) is 16.9 Å². The lowest BCUT2D eigenvalue weighted by molar-refractivity contribution is -0.124. The molecule has 2 aromatic carbocycles. The van der Waals surface area contributed by atoms with Crippen molar-refractivity contribution in [2.24, 2.45) is 5.41 Å². The number of hydrogen-bond donors (Lipinski definition) is 0. The molecule has 130 valence electrons. The maximum Gasteiger partial charge on any atom is 0.243 e. The van der Waals surface area contributed by atoms with Gasteiger partial charge in [0, 0.05) is 6.54 Å². The Morgan fingerprint density at radius 1 is 1.00 bits per heavy atom. The van der Waals surface area contributed by atoms with Crippen LogP contribution in [0.1, 0.15) is 24.5 Å². The molecule has 1 saturated carbocycles. The van der Waals surface area contributed by atoms with Gasteiger partial charge in [-0.2, -0.15) is 4.31 Å². The zero-order valence-electron chi connectivity index (χ0n) is 14.4. The average Bonchev–Trinajstić information content (AvgIpc) is 3.24.